The number of amides is 1. The van der Waals surface area contributed by atoms with Crippen LogP contribution in [0.5, 0.6) is 0 Å². The van der Waals surface area contributed by atoms with E-state index in [1.165, 1.54) is 0 Å². The van der Waals surface area contributed by atoms with Crippen molar-refractivity contribution in [2.45, 2.75) is 26.4 Å². The first kappa shape index (κ1) is 13.8. The van der Waals surface area contributed by atoms with Gasteiger partial charge in [0.2, 0.25) is 5.91 Å². The molecule has 6 nitrogen and oxygen atoms in total. The minimum Gasteiger partial charge on any atom is -0.409 e. The Bertz CT molecular complexity index is 304. The molecular weight excluding hydrogens is 222 g/mol. The number of likely N-dealkylation sites (tertiary alicyclic amines) is 1. The molecule has 0 bridgehead atoms. The zero-order valence-electron chi connectivity index (χ0n) is 10.6. The van der Waals surface area contributed by atoms with Gasteiger partial charge in [0, 0.05) is 20.2 Å². The lowest BCUT2D eigenvalue weighted by Crippen LogP contribution is -2.43. The molecule has 1 rings (SSSR count). The van der Waals surface area contributed by atoms with Crippen LogP contribution >= 0.6 is 0 Å². The van der Waals surface area contributed by atoms with Crippen molar-refractivity contribution in [3.8, 4) is 0 Å². The molecule has 1 aliphatic heterocycles. The highest BCUT2D eigenvalue weighted by Crippen LogP contribution is 2.19. The molecule has 1 amide bonds. The number of hydrogen-bond acceptors (Lipinski definition) is 4. The van der Waals surface area contributed by atoms with E-state index in [9.17, 15) is 4.79 Å². The van der Waals surface area contributed by atoms with E-state index in [2.05, 4.69) is 5.16 Å². The number of nitrogens with zero attached hydrogens (tertiary/aromatic N) is 2. The summed E-state index contributed by atoms with van der Waals surface area (Å²) in [5, 5.41) is 11.7. The molecule has 2 unspecified atom stereocenters. The van der Waals surface area contributed by atoms with Crippen LogP contribution in [-0.2, 0) is 9.53 Å². The summed E-state index contributed by atoms with van der Waals surface area (Å²) in [5.74, 6) is -0.670. The Balaban J connectivity index is 2.73. The molecule has 0 aromatic heterocycles. The zero-order valence-corrected chi connectivity index (χ0v) is 10.6. The fraction of sp³-hybridized carbons (Fsp3) is 0.818. The van der Waals surface area contributed by atoms with Crippen LogP contribution in [0.4, 0.5) is 0 Å². The van der Waals surface area contributed by atoms with Crippen LogP contribution in [-0.4, -0.2) is 48.2 Å². The lowest BCUT2D eigenvalue weighted by molar-refractivity contribution is -0.133. The Morgan fingerprint density at radius 3 is 2.65 bits per heavy atom. The number of oxime groups is 1. The number of rotatable bonds is 4. The monoisotopic (exact) mass is 243 g/mol. The second-order valence-electron chi connectivity index (χ2n) is 4.68. The fourth-order valence-electron chi connectivity index (χ4n) is 2.13. The van der Waals surface area contributed by atoms with Crippen molar-refractivity contribution in [2.24, 2.45) is 22.7 Å². The molecule has 17 heavy (non-hydrogen) atoms. The third kappa shape index (κ3) is 3.09. The van der Waals surface area contributed by atoms with E-state index in [-0.39, 0.29) is 23.8 Å². The average Bonchev–Trinajstić information content (AvgIpc) is 2.76. The smallest absolute Gasteiger partial charge is 0.233 e. The summed E-state index contributed by atoms with van der Waals surface area (Å²) in [6.45, 7) is 5.01. The molecule has 1 heterocycles. The number of hydrogen-bond donors (Lipinski definition) is 2. The average molecular weight is 243 g/mol. The van der Waals surface area contributed by atoms with Gasteiger partial charge in [-0.1, -0.05) is 19.0 Å². The molecular formula is C11H21N3O3. The van der Waals surface area contributed by atoms with Crippen LogP contribution in [0.1, 0.15) is 20.3 Å². The quantitative estimate of drug-likeness (QED) is 0.321. The van der Waals surface area contributed by atoms with Gasteiger partial charge < -0.3 is 20.6 Å². The summed E-state index contributed by atoms with van der Waals surface area (Å²) in [4.78, 5) is 14.0. The van der Waals surface area contributed by atoms with Crippen LogP contribution < -0.4 is 5.73 Å². The summed E-state index contributed by atoms with van der Waals surface area (Å²) < 4.78 is 5.21. The summed E-state index contributed by atoms with van der Waals surface area (Å²) in [7, 11) is 1.64. The third-order valence-corrected chi connectivity index (χ3v) is 3.16. The standard InChI is InChI=1S/C11H21N3O3/c1-7(2)9(10(12)13-16)11(15)14-5-4-8(6-14)17-3/h7-9,16H,4-6H2,1-3H3,(H2,12,13). The van der Waals surface area contributed by atoms with Gasteiger partial charge in [-0.25, -0.2) is 0 Å². The molecule has 1 saturated heterocycles. The van der Waals surface area contributed by atoms with Gasteiger partial charge in [-0.05, 0) is 12.3 Å². The van der Waals surface area contributed by atoms with Crippen molar-refractivity contribution in [3.63, 3.8) is 0 Å². The predicted molar refractivity (Wildman–Crippen MR) is 63.7 cm³/mol. The minimum absolute atomic E-state index is 0.00000472. The fourth-order valence-corrected chi connectivity index (χ4v) is 2.13. The normalized spacial score (nSPS) is 23.2. The Morgan fingerprint density at radius 2 is 2.24 bits per heavy atom. The van der Waals surface area contributed by atoms with E-state index in [1.54, 1.807) is 12.0 Å². The number of methoxy groups -OCH3 is 1. The Kier molecular flexibility index (Phi) is 4.74. The molecule has 0 spiro atoms. The summed E-state index contributed by atoms with van der Waals surface area (Å²) in [6, 6.07) is 0. The molecule has 98 valence electrons. The van der Waals surface area contributed by atoms with Gasteiger partial charge in [0.1, 0.15) is 5.92 Å². The Labute approximate surface area is 101 Å². The van der Waals surface area contributed by atoms with Gasteiger partial charge in [-0.2, -0.15) is 0 Å². The van der Waals surface area contributed by atoms with Crippen molar-refractivity contribution in [1.82, 2.24) is 4.90 Å². The highest BCUT2D eigenvalue weighted by atomic mass is 16.5. The lowest BCUT2D eigenvalue weighted by atomic mass is 9.93. The molecule has 1 fully saturated rings. The third-order valence-electron chi connectivity index (χ3n) is 3.16. The van der Waals surface area contributed by atoms with Crippen molar-refractivity contribution in [3.05, 3.63) is 0 Å². The van der Waals surface area contributed by atoms with E-state index in [0.717, 1.165) is 6.42 Å². The van der Waals surface area contributed by atoms with Gasteiger partial charge in [0.25, 0.3) is 0 Å². The molecule has 0 aromatic rings. The maximum absolute atomic E-state index is 12.2. The van der Waals surface area contributed by atoms with E-state index in [4.69, 9.17) is 15.7 Å². The first-order valence-electron chi connectivity index (χ1n) is 5.80. The van der Waals surface area contributed by atoms with Gasteiger partial charge in [0.05, 0.1) is 6.10 Å². The first-order chi connectivity index (χ1) is 8.01. The van der Waals surface area contributed by atoms with Crippen LogP contribution in [0.25, 0.3) is 0 Å². The molecule has 3 N–H and O–H groups in total. The van der Waals surface area contributed by atoms with Crippen molar-refractivity contribution in [2.75, 3.05) is 20.2 Å². The van der Waals surface area contributed by atoms with Crippen LogP contribution in [0.15, 0.2) is 5.16 Å². The Hall–Kier alpha value is -1.30. The van der Waals surface area contributed by atoms with E-state index >= 15 is 0 Å². The Morgan fingerprint density at radius 1 is 1.59 bits per heavy atom. The van der Waals surface area contributed by atoms with E-state index in [0.29, 0.717) is 13.1 Å². The summed E-state index contributed by atoms with van der Waals surface area (Å²) >= 11 is 0. The molecule has 0 aromatic carbocycles. The topological polar surface area (TPSA) is 88.2 Å². The van der Waals surface area contributed by atoms with Crippen LogP contribution in [0, 0.1) is 11.8 Å². The maximum Gasteiger partial charge on any atom is 0.233 e. The van der Waals surface area contributed by atoms with E-state index in [1.807, 2.05) is 13.8 Å². The van der Waals surface area contributed by atoms with Crippen molar-refractivity contribution in [1.29, 1.82) is 0 Å². The minimum atomic E-state index is -0.560. The second-order valence-corrected chi connectivity index (χ2v) is 4.68. The number of nitrogens with two attached hydrogens (primary N) is 1. The first-order valence-corrected chi connectivity index (χ1v) is 5.80. The highest BCUT2D eigenvalue weighted by Gasteiger charge is 2.34. The van der Waals surface area contributed by atoms with Gasteiger partial charge in [0.15, 0.2) is 5.84 Å². The molecule has 0 aliphatic carbocycles. The summed E-state index contributed by atoms with van der Waals surface area (Å²) in [5.41, 5.74) is 5.58. The number of carbonyl (C=O) groups is 1. The number of amidine groups is 1. The van der Waals surface area contributed by atoms with Gasteiger partial charge in [-0.3, -0.25) is 4.79 Å². The molecule has 0 radical (unpaired) electrons. The lowest BCUT2D eigenvalue weighted by Gasteiger charge is -2.24. The zero-order chi connectivity index (χ0) is 13.0. The van der Waals surface area contributed by atoms with Crippen LogP contribution in [0.3, 0.4) is 0 Å². The van der Waals surface area contributed by atoms with Crippen molar-refractivity contribution >= 4 is 11.7 Å². The molecule has 1 aliphatic rings. The predicted octanol–water partition coefficient (Wildman–Crippen LogP) is 0.252. The van der Waals surface area contributed by atoms with Gasteiger partial charge >= 0.3 is 0 Å². The van der Waals surface area contributed by atoms with Crippen LogP contribution in [0.2, 0.25) is 0 Å². The second kappa shape index (κ2) is 5.86. The van der Waals surface area contributed by atoms with E-state index < -0.39 is 5.92 Å². The van der Waals surface area contributed by atoms with Gasteiger partial charge in [-0.15, -0.1) is 0 Å². The molecule has 2 atom stereocenters. The maximum atomic E-state index is 12.2. The van der Waals surface area contributed by atoms with Crippen molar-refractivity contribution < 1.29 is 14.7 Å². The molecule has 6 heteroatoms. The highest BCUT2D eigenvalue weighted by molar-refractivity contribution is 6.02. The molecule has 0 saturated carbocycles. The largest absolute Gasteiger partial charge is 0.409 e. The summed E-state index contributed by atoms with van der Waals surface area (Å²) in [6.07, 6.45) is 0.933. The number of ether oxygens (including phenoxy) is 1. The number of carbonyl (C=O) groups excluding carboxylic acids is 1. The SMILES string of the molecule is COC1CCN(C(=O)C(C(N)=NO)C(C)C)C1.